The van der Waals surface area contributed by atoms with Gasteiger partial charge in [-0.05, 0) is 10.6 Å². The summed E-state index contributed by atoms with van der Waals surface area (Å²) < 4.78 is 0. The molecule has 3 rings (SSSR count). The van der Waals surface area contributed by atoms with Crippen LogP contribution < -0.4 is 10.6 Å². The van der Waals surface area contributed by atoms with Crippen molar-refractivity contribution in [3.05, 3.63) is 60.7 Å². The highest BCUT2D eigenvalue weighted by Gasteiger charge is 2.67. The van der Waals surface area contributed by atoms with Gasteiger partial charge < -0.3 is 0 Å². The van der Waals surface area contributed by atoms with Crippen LogP contribution in [0.5, 0.6) is 0 Å². The lowest BCUT2D eigenvalue weighted by Crippen LogP contribution is -2.63. The summed E-state index contributed by atoms with van der Waals surface area (Å²) in [4.78, 5) is 0. The van der Waals surface area contributed by atoms with Crippen LogP contribution in [0, 0.1) is 0 Å². The molecule has 2 unspecified atom stereocenters. The Kier molecular flexibility index (Phi) is 4.66. The van der Waals surface area contributed by atoms with Gasteiger partial charge in [-0.25, -0.2) is 0 Å². The van der Waals surface area contributed by atoms with Gasteiger partial charge in [-0.1, -0.05) is 114 Å². The number of benzene rings is 2. The van der Waals surface area contributed by atoms with Gasteiger partial charge in [0.1, 0.15) is 0 Å². The molecule has 1 aliphatic heterocycles. The Morgan fingerprint density at radius 2 is 0.826 bits per heavy atom. The highest BCUT2D eigenvalue weighted by molar-refractivity contribution is 8.70. The van der Waals surface area contributed by atoms with Crippen LogP contribution in [0.2, 0.25) is 39.3 Å². The molecule has 0 radical (unpaired) electrons. The molecule has 23 heavy (non-hydrogen) atoms. The topological polar surface area (TPSA) is 0 Å². The minimum atomic E-state index is -1.23. The maximum absolute atomic E-state index is 2.76. The summed E-state index contributed by atoms with van der Waals surface area (Å²) in [6, 6.07) is 23.2. The molecule has 0 N–H and O–H groups in total. The Morgan fingerprint density at radius 1 is 0.522 bits per heavy atom. The third-order valence-electron chi connectivity index (χ3n) is 6.32. The van der Waals surface area contributed by atoms with E-state index in [-0.39, 0.29) is 14.3 Å². The van der Waals surface area contributed by atoms with Crippen molar-refractivity contribution in [2.24, 2.45) is 0 Å². The van der Waals surface area contributed by atoms with Gasteiger partial charge in [-0.3, -0.25) is 0 Å². The molecule has 5 heteroatoms. The van der Waals surface area contributed by atoms with Gasteiger partial charge in [0.15, 0.2) is 0 Å². The van der Waals surface area contributed by atoms with Crippen LogP contribution in [0.15, 0.2) is 60.7 Å². The zero-order chi connectivity index (χ0) is 16.9. The number of hydrogen-bond acceptors (Lipinski definition) is 0. The van der Waals surface area contributed by atoms with Crippen molar-refractivity contribution in [3.63, 3.8) is 0 Å². The van der Waals surface area contributed by atoms with Gasteiger partial charge in [0.05, 0.1) is 14.5 Å². The first-order chi connectivity index (χ1) is 10.7. The third-order valence-corrected chi connectivity index (χ3v) is 92.3. The van der Waals surface area contributed by atoms with Crippen LogP contribution in [0.4, 0.5) is 0 Å². The molecule has 2 aromatic rings. The lowest BCUT2D eigenvalue weighted by Gasteiger charge is -2.40. The predicted octanol–water partition coefficient (Wildman–Crippen LogP) is 5.81. The lowest BCUT2D eigenvalue weighted by atomic mass is 10.4. The largest absolute Gasteiger partial charge is 0.0766 e. The zero-order valence-electron chi connectivity index (χ0n) is 15.2. The van der Waals surface area contributed by atoms with Crippen LogP contribution in [-0.2, 0) is 0 Å². The lowest BCUT2D eigenvalue weighted by molar-refractivity contribution is 1.77. The Labute approximate surface area is 146 Å². The summed E-state index contributed by atoms with van der Waals surface area (Å²) in [7, 11) is -3.55. The number of hydrogen-bond donors (Lipinski definition) is 0. The van der Waals surface area contributed by atoms with E-state index in [1.54, 1.807) is 10.6 Å². The van der Waals surface area contributed by atoms with Gasteiger partial charge in [-0.2, -0.15) is 0 Å². The first kappa shape index (κ1) is 17.8. The Hall–Kier alpha value is -0.0494. The van der Waals surface area contributed by atoms with E-state index in [2.05, 4.69) is 99.9 Å². The highest BCUT2D eigenvalue weighted by Crippen LogP contribution is 2.84. The summed E-state index contributed by atoms with van der Waals surface area (Å²) in [6.45, 7) is 16.5. The maximum atomic E-state index is 2.76. The van der Waals surface area contributed by atoms with Crippen LogP contribution in [-0.4, -0.2) is 21.6 Å². The van der Waals surface area contributed by atoms with Gasteiger partial charge in [0, 0.05) is 7.11 Å². The van der Waals surface area contributed by atoms with E-state index < -0.39 is 21.6 Å². The standard InChI is InChI=1S/C18H28P2Si3/c1-21(2)19(17-13-9-7-10-14-17)20(18-15-11-8-12-16-18)22(3,4)23(21,5)6/h7-16H,1-6H3. The summed E-state index contributed by atoms with van der Waals surface area (Å²) >= 11 is 0. The van der Waals surface area contributed by atoms with E-state index in [9.17, 15) is 0 Å². The van der Waals surface area contributed by atoms with Crippen LogP contribution >= 0.6 is 14.3 Å². The maximum Gasteiger partial charge on any atom is 0.0766 e. The van der Waals surface area contributed by atoms with E-state index >= 15 is 0 Å². The number of rotatable bonds is 2. The molecule has 2 aromatic carbocycles. The third kappa shape index (κ3) is 2.60. The van der Waals surface area contributed by atoms with E-state index in [0.717, 1.165) is 0 Å². The second-order valence-corrected chi connectivity index (χ2v) is 52.9. The summed E-state index contributed by atoms with van der Waals surface area (Å²) in [5.41, 5.74) is 0. The molecule has 0 saturated carbocycles. The van der Waals surface area contributed by atoms with E-state index in [4.69, 9.17) is 0 Å². The molecule has 122 valence electrons. The SMILES string of the molecule is C[Si]1(C)P(c2ccccc2)P(c2ccccc2)[Si](C)(C)[Si]1(C)C. The van der Waals surface area contributed by atoms with Crippen molar-refractivity contribution in [1.29, 1.82) is 0 Å². The van der Waals surface area contributed by atoms with Crippen LogP contribution in [0.3, 0.4) is 0 Å². The van der Waals surface area contributed by atoms with Crippen molar-refractivity contribution in [2.75, 3.05) is 0 Å². The summed E-state index contributed by atoms with van der Waals surface area (Å²) in [6.07, 6.45) is 0. The second-order valence-electron chi connectivity index (χ2n) is 8.04. The first-order valence-corrected chi connectivity index (χ1v) is 24.5. The fourth-order valence-corrected chi connectivity index (χ4v) is 130. The zero-order valence-corrected chi connectivity index (χ0v) is 20.0. The summed E-state index contributed by atoms with van der Waals surface area (Å²) in [5.74, 6) is 0. The van der Waals surface area contributed by atoms with Crippen LogP contribution in [0.1, 0.15) is 0 Å². The fourth-order valence-electron chi connectivity index (χ4n) is 3.79. The Morgan fingerprint density at radius 3 is 1.13 bits per heavy atom. The summed E-state index contributed by atoms with van der Waals surface area (Å²) in [5, 5.41) is 3.40. The monoisotopic (exact) mass is 390 g/mol. The average Bonchev–Trinajstić information content (AvgIpc) is 2.63. The predicted molar refractivity (Wildman–Crippen MR) is 118 cm³/mol. The van der Waals surface area contributed by atoms with E-state index in [1.165, 1.54) is 0 Å². The molecule has 1 aliphatic rings. The van der Waals surface area contributed by atoms with Gasteiger partial charge in [0.25, 0.3) is 0 Å². The van der Waals surface area contributed by atoms with Gasteiger partial charge >= 0.3 is 0 Å². The normalized spacial score (nSPS) is 27.7. The van der Waals surface area contributed by atoms with Crippen LogP contribution in [0.25, 0.3) is 0 Å². The Balaban J connectivity index is 2.25. The van der Waals surface area contributed by atoms with Crippen molar-refractivity contribution in [1.82, 2.24) is 0 Å². The van der Waals surface area contributed by atoms with Crippen molar-refractivity contribution in [3.8, 4) is 0 Å². The quantitative estimate of drug-likeness (QED) is 0.449. The fraction of sp³-hybridized carbons (Fsp3) is 0.333. The average molecular weight is 391 g/mol. The molecule has 0 aliphatic carbocycles. The molecule has 1 heterocycles. The molecule has 0 amide bonds. The molecular formula is C18H28P2Si3. The molecule has 0 aromatic heterocycles. The molecule has 0 nitrogen and oxygen atoms in total. The minimum absolute atomic E-state index is 0.0280. The molecule has 2 atom stereocenters. The van der Waals surface area contributed by atoms with E-state index in [1.807, 2.05) is 0 Å². The highest BCUT2D eigenvalue weighted by atomic mass is 32.3. The molecular weight excluding hydrogens is 362 g/mol. The second kappa shape index (κ2) is 6.04. The molecule has 1 fully saturated rings. The smallest absolute Gasteiger partial charge is 0.0724 e. The van der Waals surface area contributed by atoms with Gasteiger partial charge in [0.2, 0.25) is 0 Å². The van der Waals surface area contributed by atoms with Crippen molar-refractivity contribution < 1.29 is 0 Å². The van der Waals surface area contributed by atoms with E-state index in [0.29, 0.717) is 0 Å². The van der Waals surface area contributed by atoms with Crippen molar-refractivity contribution in [2.45, 2.75) is 39.3 Å². The van der Waals surface area contributed by atoms with Gasteiger partial charge in [-0.15, -0.1) is 0 Å². The molecule has 1 saturated heterocycles. The van der Waals surface area contributed by atoms with Crippen molar-refractivity contribution >= 4 is 46.6 Å². The Bertz CT molecular complexity index is 624. The molecule has 0 bridgehead atoms. The minimum Gasteiger partial charge on any atom is -0.0724 e. The molecule has 0 spiro atoms. The first-order valence-electron chi connectivity index (χ1n) is 8.42.